The fraction of sp³-hybridized carbons (Fsp3) is 0.0476. The second-order valence-electron chi connectivity index (χ2n) is 6.39. The van der Waals surface area contributed by atoms with Crippen LogP contribution in [0.5, 0.6) is 0 Å². The lowest BCUT2D eigenvalue weighted by Gasteiger charge is -2.15. The van der Waals surface area contributed by atoms with Crippen LogP contribution in [0, 0.1) is 6.92 Å². The summed E-state index contributed by atoms with van der Waals surface area (Å²) in [6.07, 6.45) is 0. The number of aromatic nitrogens is 2. The zero-order valence-corrected chi connectivity index (χ0v) is 17.0. The molecule has 0 saturated heterocycles. The van der Waals surface area contributed by atoms with Gasteiger partial charge in [-0.15, -0.1) is 0 Å². The predicted molar refractivity (Wildman–Crippen MR) is 116 cm³/mol. The van der Waals surface area contributed by atoms with Gasteiger partial charge in [-0.05, 0) is 42.8 Å². The fourth-order valence-electron chi connectivity index (χ4n) is 2.83. The van der Waals surface area contributed by atoms with Gasteiger partial charge in [-0.1, -0.05) is 54.1 Å². The number of hydrogen-bond acceptors (Lipinski definition) is 5. The van der Waals surface area contributed by atoms with Crippen LogP contribution in [0.25, 0.3) is 11.0 Å². The first-order valence-electron chi connectivity index (χ1n) is 8.81. The molecule has 0 unspecified atom stereocenters. The predicted octanol–water partition coefficient (Wildman–Crippen LogP) is 5.14. The van der Waals surface area contributed by atoms with Crippen LogP contribution in [0.1, 0.15) is 5.56 Å². The van der Waals surface area contributed by atoms with Crippen molar-refractivity contribution < 1.29 is 8.42 Å². The highest BCUT2D eigenvalue weighted by molar-refractivity contribution is 7.92. The van der Waals surface area contributed by atoms with Crippen molar-refractivity contribution in [3.63, 3.8) is 0 Å². The number of anilines is 3. The van der Waals surface area contributed by atoms with Gasteiger partial charge in [0.15, 0.2) is 11.6 Å². The number of hydrogen-bond donors (Lipinski definition) is 2. The van der Waals surface area contributed by atoms with Crippen molar-refractivity contribution in [3.05, 3.63) is 83.4 Å². The number of sulfonamides is 1. The summed E-state index contributed by atoms with van der Waals surface area (Å²) >= 11 is 6.28. The topological polar surface area (TPSA) is 84.0 Å². The molecule has 4 aromatic rings. The van der Waals surface area contributed by atoms with E-state index in [2.05, 4.69) is 20.0 Å². The molecule has 0 aliphatic heterocycles. The van der Waals surface area contributed by atoms with Crippen molar-refractivity contribution in [1.82, 2.24) is 9.97 Å². The minimum absolute atomic E-state index is 0.0897. The first-order chi connectivity index (χ1) is 13.9. The van der Waals surface area contributed by atoms with E-state index in [1.54, 1.807) is 36.4 Å². The van der Waals surface area contributed by atoms with Gasteiger partial charge in [-0.3, -0.25) is 4.72 Å². The Labute approximate surface area is 173 Å². The average molecular weight is 425 g/mol. The molecule has 0 radical (unpaired) electrons. The lowest BCUT2D eigenvalue weighted by molar-refractivity contribution is 0.601. The molecule has 6 nitrogen and oxygen atoms in total. The summed E-state index contributed by atoms with van der Waals surface area (Å²) in [7, 11) is -3.84. The maximum atomic E-state index is 12.8. The minimum atomic E-state index is -3.84. The Bertz CT molecular complexity index is 1290. The minimum Gasteiger partial charge on any atom is -0.337 e. The van der Waals surface area contributed by atoms with E-state index in [0.29, 0.717) is 16.1 Å². The van der Waals surface area contributed by atoms with E-state index in [1.807, 2.05) is 31.2 Å². The number of para-hydroxylation sites is 2. The van der Waals surface area contributed by atoms with E-state index in [1.165, 1.54) is 12.1 Å². The summed E-state index contributed by atoms with van der Waals surface area (Å²) in [4.78, 5) is 9.16. The number of rotatable bonds is 5. The Kier molecular flexibility index (Phi) is 5.08. The lowest BCUT2D eigenvalue weighted by atomic mass is 10.2. The molecule has 0 aliphatic rings. The van der Waals surface area contributed by atoms with Crippen molar-refractivity contribution in [2.45, 2.75) is 11.8 Å². The number of aryl methyl sites for hydroxylation is 1. The summed E-state index contributed by atoms with van der Waals surface area (Å²) in [6.45, 7) is 1.94. The molecule has 146 valence electrons. The number of halogens is 1. The van der Waals surface area contributed by atoms with Crippen LogP contribution < -0.4 is 10.0 Å². The molecule has 1 heterocycles. The summed E-state index contributed by atoms with van der Waals surface area (Å²) in [5, 5.41) is 3.61. The normalized spacial score (nSPS) is 11.4. The van der Waals surface area contributed by atoms with Crippen LogP contribution in [0.15, 0.2) is 77.7 Å². The van der Waals surface area contributed by atoms with Crippen LogP contribution >= 0.6 is 11.6 Å². The molecule has 8 heteroatoms. The van der Waals surface area contributed by atoms with E-state index in [0.717, 1.165) is 11.3 Å². The largest absolute Gasteiger partial charge is 0.337 e. The monoisotopic (exact) mass is 424 g/mol. The molecular formula is C21H17ClN4O2S. The van der Waals surface area contributed by atoms with E-state index in [9.17, 15) is 8.42 Å². The van der Waals surface area contributed by atoms with Gasteiger partial charge in [0.25, 0.3) is 10.0 Å². The Balaban J connectivity index is 1.84. The molecule has 0 spiro atoms. The third-order valence-electron chi connectivity index (χ3n) is 4.33. The molecule has 0 fully saturated rings. The molecule has 0 saturated carbocycles. The first kappa shape index (κ1) is 19.2. The van der Waals surface area contributed by atoms with Gasteiger partial charge in [0, 0.05) is 5.69 Å². The van der Waals surface area contributed by atoms with Gasteiger partial charge in [-0.25, -0.2) is 18.4 Å². The number of nitrogens with one attached hydrogen (secondary N) is 2. The summed E-state index contributed by atoms with van der Waals surface area (Å²) in [5.74, 6) is 0.353. The standard InChI is InChI=1S/C21H17ClN4O2S/c1-14-8-5-6-12-17(14)23-20-21(24-18-13-7-11-16(22)19(18)25-20)26-29(27,28)15-9-3-2-4-10-15/h2-13H,1H3,(H,23,25)(H,24,26). The van der Waals surface area contributed by atoms with Gasteiger partial charge in [-0.2, -0.15) is 0 Å². The quantitative estimate of drug-likeness (QED) is 0.463. The van der Waals surface area contributed by atoms with Crippen molar-refractivity contribution >= 4 is 50.0 Å². The van der Waals surface area contributed by atoms with Gasteiger partial charge >= 0.3 is 0 Å². The number of fused-ring (bicyclic) bond motifs is 1. The van der Waals surface area contributed by atoms with Gasteiger partial charge in [0.05, 0.1) is 15.4 Å². The van der Waals surface area contributed by atoms with E-state index in [4.69, 9.17) is 11.6 Å². The second-order valence-corrected chi connectivity index (χ2v) is 8.48. The first-order valence-corrected chi connectivity index (χ1v) is 10.7. The van der Waals surface area contributed by atoms with Crippen LogP contribution in [0.2, 0.25) is 5.02 Å². The van der Waals surface area contributed by atoms with Crippen LogP contribution in [-0.2, 0) is 10.0 Å². The molecular weight excluding hydrogens is 408 g/mol. The van der Waals surface area contributed by atoms with Crippen LogP contribution in [0.4, 0.5) is 17.3 Å². The molecule has 0 aliphatic carbocycles. The Morgan fingerprint density at radius 2 is 1.55 bits per heavy atom. The van der Waals surface area contributed by atoms with Gasteiger partial charge in [0.1, 0.15) is 5.52 Å². The maximum Gasteiger partial charge on any atom is 0.263 e. The van der Waals surface area contributed by atoms with E-state index >= 15 is 0 Å². The maximum absolute atomic E-state index is 12.8. The smallest absolute Gasteiger partial charge is 0.263 e. The molecule has 4 rings (SSSR count). The molecule has 2 N–H and O–H groups in total. The Hall–Kier alpha value is -3.16. The third kappa shape index (κ3) is 4.01. The summed E-state index contributed by atoms with van der Waals surface area (Å²) in [5.41, 5.74) is 2.73. The Morgan fingerprint density at radius 3 is 2.31 bits per heavy atom. The molecule has 3 aromatic carbocycles. The molecule has 1 aromatic heterocycles. The summed E-state index contributed by atoms with van der Waals surface area (Å²) in [6, 6.07) is 20.9. The van der Waals surface area contributed by atoms with Crippen molar-refractivity contribution in [2.75, 3.05) is 10.0 Å². The third-order valence-corrected chi connectivity index (χ3v) is 5.99. The zero-order valence-electron chi connectivity index (χ0n) is 15.4. The van der Waals surface area contributed by atoms with E-state index < -0.39 is 10.0 Å². The highest BCUT2D eigenvalue weighted by Crippen LogP contribution is 2.30. The number of nitrogens with zero attached hydrogens (tertiary/aromatic N) is 2. The lowest BCUT2D eigenvalue weighted by Crippen LogP contribution is -2.16. The fourth-order valence-corrected chi connectivity index (χ4v) is 4.07. The van der Waals surface area contributed by atoms with Crippen LogP contribution in [-0.4, -0.2) is 18.4 Å². The highest BCUT2D eigenvalue weighted by Gasteiger charge is 2.19. The van der Waals surface area contributed by atoms with Gasteiger partial charge in [0.2, 0.25) is 0 Å². The number of benzene rings is 3. The molecule has 29 heavy (non-hydrogen) atoms. The van der Waals surface area contributed by atoms with Crippen LogP contribution in [0.3, 0.4) is 0 Å². The van der Waals surface area contributed by atoms with Crippen molar-refractivity contribution in [1.29, 1.82) is 0 Å². The van der Waals surface area contributed by atoms with Crippen molar-refractivity contribution in [2.24, 2.45) is 0 Å². The second kappa shape index (κ2) is 7.69. The average Bonchev–Trinajstić information content (AvgIpc) is 2.71. The molecule has 0 bridgehead atoms. The molecule has 0 atom stereocenters. The molecule has 0 amide bonds. The van der Waals surface area contributed by atoms with Gasteiger partial charge < -0.3 is 5.32 Å². The SMILES string of the molecule is Cc1ccccc1Nc1nc2c(Cl)cccc2nc1NS(=O)(=O)c1ccccc1. The zero-order chi connectivity index (χ0) is 20.4. The Morgan fingerprint density at radius 1 is 0.828 bits per heavy atom. The summed E-state index contributed by atoms with van der Waals surface area (Å²) < 4.78 is 28.2. The van der Waals surface area contributed by atoms with Crippen molar-refractivity contribution in [3.8, 4) is 0 Å². The van der Waals surface area contributed by atoms with E-state index in [-0.39, 0.29) is 16.5 Å². The highest BCUT2D eigenvalue weighted by atomic mass is 35.5.